The van der Waals surface area contributed by atoms with Crippen molar-refractivity contribution in [3.05, 3.63) is 0 Å². The second kappa shape index (κ2) is 6.06. The van der Waals surface area contributed by atoms with Gasteiger partial charge in [-0.3, -0.25) is 0 Å². The van der Waals surface area contributed by atoms with Gasteiger partial charge in [0, 0.05) is 0 Å². The summed E-state index contributed by atoms with van der Waals surface area (Å²) >= 11 is 0. The molecule has 0 aliphatic heterocycles. The molecule has 0 radical (unpaired) electrons. The summed E-state index contributed by atoms with van der Waals surface area (Å²) in [6.07, 6.45) is 0.562. The fourth-order valence-corrected chi connectivity index (χ4v) is 0.470. The van der Waals surface area contributed by atoms with Gasteiger partial charge in [0.25, 0.3) is 0 Å². The van der Waals surface area contributed by atoms with Crippen LogP contribution in [0, 0.1) is 22.7 Å². The third-order valence-corrected chi connectivity index (χ3v) is 1.06. The Morgan fingerprint density at radius 1 is 1.00 bits per heavy atom. The Morgan fingerprint density at radius 3 is 1.58 bits per heavy atom. The maximum Gasteiger partial charge on any atom is 0.0751 e. The summed E-state index contributed by atoms with van der Waals surface area (Å²) in [7, 11) is 0. The van der Waals surface area contributed by atoms with Gasteiger partial charge < -0.3 is 0 Å². The van der Waals surface area contributed by atoms with E-state index in [2.05, 4.69) is 10.2 Å². The number of nitriles is 2. The first-order valence-corrected chi connectivity index (χ1v) is 3.51. The van der Waals surface area contributed by atoms with E-state index in [0.29, 0.717) is 11.4 Å². The minimum Gasteiger partial charge on any atom is -0.198 e. The molecule has 0 amide bonds. The van der Waals surface area contributed by atoms with Gasteiger partial charge >= 0.3 is 0 Å². The summed E-state index contributed by atoms with van der Waals surface area (Å²) in [5.74, 6) is 0. The lowest BCUT2D eigenvalue weighted by molar-refractivity contribution is 1.17. The average molecular weight is 162 g/mol. The number of rotatable bonds is 3. The Hall–Kier alpha value is -1.68. The van der Waals surface area contributed by atoms with Crippen LogP contribution in [0.1, 0.15) is 26.7 Å². The number of hydrogen-bond donors (Lipinski definition) is 0. The SMILES string of the molecule is C/C(CC#N)=N/N=C(\C)CC#N. The Labute approximate surface area is 71.8 Å². The first kappa shape index (κ1) is 10.3. The van der Waals surface area contributed by atoms with Gasteiger partial charge in [-0.25, -0.2) is 0 Å². The smallest absolute Gasteiger partial charge is 0.0751 e. The predicted octanol–water partition coefficient (Wildman–Crippen LogP) is 1.65. The van der Waals surface area contributed by atoms with Crippen molar-refractivity contribution in [1.82, 2.24) is 0 Å². The van der Waals surface area contributed by atoms with Crippen LogP contribution in [0.4, 0.5) is 0 Å². The third-order valence-electron chi connectivity index (χ3n) is 1.06. The van der Waals surface area contributed by atoms with E-state index in [9.17, 15) is 0 Å². The van der Waals surface area contributed by atoms with E-state index in [0.717, 1.165) is 0 Å². The summed E-state index contributed by atoms with van der Waals surface area (Å²) in [4.78, 5) is 0. The summed E-state index contributed by atoms with van der Waals surface area (Å²) in [6.45, 7) is 3.46. The summed E-state index contributed by atoms with van der Waals surface area (Å²) < 4.78 is 0. The zero-order chi connectivity index (χ0) is 9.40. The lowest BCUT2D eigenvalue weighted by Gasteiger charge is -1.89. The van der Waals surface area contributed by atoms with Crippen LogP contribution in [0.15, 0.2) is 10.2 Å². The Bertz CT molecular complexity index is 244. The van der Waals surface area contributed by atoms with Gasteiger partial charge in [0.15, 0.2) is 0 Å². The molecule has 4 nitrogen and oxygen atoms in total. The van der Waals surface area contributed by atoms with Crippen molar-refractivity contribution in [3.63, 3.8) is 0 Å². The molecular formula is C8H10N4. The molecule has 0 N–H and O–H groups in total. The van der Waals surface area contributed by atoms with Crippen molar-refractivity contribution in [2.24, 2.45) is 10.2 Å². The summed E-state index contributed by atoms with van der Waals surface area (Å²) in [5.41, 5.74) is 1.32. The zero-order valence-corrected chi connectivity index (χ0v) is 7.20. The largest absolute Gasteiger partial charge is 0.198 e. The van der Waals surface area contributed by atoms with Crippen molar-refractivity contribution in [1.29, 1.82) is 10.5 Å². The molecule has 0 spiro atoms. The van der Waals surface area contributed by atoms with Crippen LogP contribution in [-0.2, 0) is 0 Å². The van der Waals surface area contributed by atoms with E-state index in [1.54, 1.807) is 13.8 Å². The highest BCUT2D eigenvalue weighted by Crippen LogP contribution is 1.89. The van der Waals surface area contributed by atoms with Crippen molar-refractivity contribution in [3.8, 4) is 12.1 Å². The molecule has 0 aliphatic rings. The molecule has 0 saturated heterocycles. The number of hydrogen-bond acceptors (Lipinski definition) is 4. The van der Waals surface area contributed by atoms with E-state index < -0.39 is 0 Å². The van der Waals surface area contributed by atoms with Gasteiger partial charge in [-0.1, -0.05) is 0 Å². The lowest BCUT2D eigenvalue weighted by atomic mass is 10.3. The highest BCUT2D eigenvalue weighted by molar-refractivity contribution is 5.87. The molecule has 0 saturated carbocycles. The average Bonchev–Trinajstić information content (AvgIpc) is 2.02. The Kier molecular flexibility index (Phi) is 5.21. The molecule has 0 aromatic carbocycles. The van der Waals surface area contributed by atoms with Crippen LogP contribution in [0.2, 0.25) is 0 Å². The van der Waals surface area contributed by atoms with E-state index in [1.165, 1.54) is 0 Å². The highest BCUT2D eigenvalue weighted by Gasteiger charge is 1.89. The molecule has 0 unspecified atom stereocenters. The zero-order valence-electron chi connectivity index (χ0n) is 7.20. The third kappa shape index (κ3) is 5.13. The fourth-order valence-electron chi connectivity index (χ4n) is 0.470. The molecule has 0 aromatic heterocycles. The predicted molar refractivity (Wildman–Crippen MR) is 46.7 cm³/mol. The Balaban J connectivity index is 4.11. The molecule has 12 heavy (non-hydrogen) atoms. The van der Waals surface area contributed by atoms with E-state index >= 15 is 0 Å². The van der Waals surface area contributed by atoms with Crippen LogP contribution < -0.4 is 0 Å². The van der Waals surface area contributed by atoms with E-state index in [1.807, 2.05) is 12.1 Å². The maximum absolute atomic E-state index is 8.27. The van der Waals surface area contributed by atoms with E-state index in [-0.39, 0.29) is 12.8 Å². The van der Waals surface area contributed by atoms with Gasteiger partial charge in [0.1, 0.15) is 0 Å². The van der Waals surface area contributed by atoms with Crippen molar-refractivity contribution in [2.75, 3.05) is 0 Å². The van der Waals surface area contributed by atoms with Gasteiger partial charge in [-0.15, -0.1) is 0 Å². The first-order valence-electron chi connectivity index (χ1n) is 3.51. The summed E-state index contributed by atoms with van der Waals surface area (Å²) in [5, 5.41) is 24.1. The van der Waals surface area contributed by atoms with Crippen molar-refractivity contribution < 1.29 is 0 Å². The van der Waals surface area contributed by atoms with Gasteiger partial charge in [-0.2, -0.15) is 20.7 Å². The molecule has 0 fully saturated rings. The molecule has 0 atom stereocenters. The van der Waals surface area contributed by atoms with Crippen LogP contribution in [0.3, 0.4) is 0 Å². The topological polar surface area (TPSA) is 72.3 Å². The van der Waals surface area contributed by atoms with Crippen molar-refractivity contribution in [2.45, 2.75) is 26.7 Å². The van der Waals surface area contributed by atoms with Gasteiger partial charge in [-0.05, 0) is 13.8 Å². The molecule has 4 heteroatoms. The standard InChI is InChI=1S/C8H10N4/c1-7(3-5-9)11-12-8(2)4-6-10/h3-4H2,1-2H3/b11-7-,12-8+. The maximum atomic E-state index is 8.27. The minimum absolute atomic E-state index is 0.281. The molecule has 0 bridgehead atoms. The number of nitrogens with zero attached hydrogens (tertiary/aromatic N) is 4. The van der Waals surface area contributed by atoms with Crippen LogP contribution in [0.5, 0.6) is 0 Å². The second-order valence-electron chi connectivity index (χ2n) is 2.34. The summed E-state index contributed by atoms with van der Waals surface area (Å²) in [6, 6.07) is 3.92. The molecule has 0 rings (SSSR count). The highest BCUT2D eigenvalue weighted by atomic mass is 15.2. The quantitative estimate of drug-likeness (QED) is 0.467. The lowest BCUT2D eigenvalue weighted by Crippen LogP contribution is -1.90. The van der Waals surface area contributed by atoms with Gasteiger partial charge in [0.2, 0.25) is 0 Å². The second-order valence-corrected chi connectivity index (χ2v) is 2.34. The molecule has 0 aliphatic carbocycles. The molecule has 0 heterocycles. The van der Waals surface area contributed by atoms with Crippen LogP contribution >= 0.6 is 0 Å². The minimum atomic E-state index is 0.281. The van der Waals surface area contributed by atoms with Crippen LogP contribution in [-0.4, -0.2) is 11.4 Å². The molecule has 62 valence electrons. The van der Waals surface area contributed by atoms with Gasteiger partial charge in [0.05, 0.1) is 36.4 Å². The monoisotopic (exact) mass is 162 g/mol. The van der Waals surface area contributed by atoms with E-state index in [4.69, 9.17) is 10.5 Å². The molecule has 0 aromatic rings. The normalized spacial score (nSPS) is 12.0. The first-order chi connectivity index (χ1) is 5.70. The Morgan fingerprint density at radius 2 is 1.33 bits per heavy atom. The van der Waals surface area contributed by atoms with Crippen LogP contribution in [0.25, 0.3) is 0 Å². The van der Waals surface area contributed by atoms with Crippen molar-refractivity contribution >= 4 is 11.4 Å². The molecular weight excluding hydrogens is 152 g/mol. The fraction of sp³-hybridized carbons (Fsp3) is 0.500.